The molecular formula is C11H11N2. The summed E-state index contributed by atoms with van der Waals surface area (Å²) in [7, 11) is 0. The zero-order chi connectivity index (χ0) is 8.84. The molecule has 1 saturated carbocycles. The molecule has 1 aromatic carbocycles. The number of aryl methyl sites for hydroxylation is 1. The lowest BCUT2D eigenvalue weighted by molar-refractivity contribution is 1.10. The molecule has 0 saturated heterocycles. The Morgan fingerprint density at radius 1 is 1.31 bits per heavy atom. The molecule has 13 heavy (non-hydrogen) atoms. The van der Waals surface area contributed by atoms with E-state index in [2.05, 4.69) is 23.3 Å². The van der Waals surface area contributed by atoms with Gasteiger partial charge in [0.15, 0.2) is 0 Å². The van der Waals surface area contributed by atoms with E-state index in [1.807, 2.05) is 12.1 Å². The lowest BCUT2D eigenvalue weighted by atomic mass is 10.2. The van der Waals surface area contributed by atoms with E-state index >= 15 is 0 Å². The molecule has 1 aliphatic carbocycles. The molecule has 0 unspecified atom stereocenters. The first kappa shape index (κ1) is 7.13. The van der Waals surface area contributed by atoms with Crippen LogP contribution in [0.5, 0.6) is 0 Å². The molecule has 65 valence electrons. The van der Waals surface area contributed by atoms with E-state index in [9.17, 15) is 0 Å². The number of hydrogen-bond acceptors (Lipinski definition) is 1. The van der Waals surface area contributed by atoms with Gasteiger partial charge in [-0.15, -0.1) is 0 Å². The highest BCUT2D eigenvalue weighted by atomic mass is 15.1. The van der Waals surface area contributed by atoms with Crippen molar-refractivity contribution in [1.29, 1.82) is 0 Å². The van der Waals surface area contributed by atoms with Gasteiger partial charge in [0.2, 0.25) is 0 Å². The Bertz CT molecular complexity index is 389. The molecule has 2 nitrogen and oxygen atoms in total. The van der Waals surface area contributed by atoms with E-state index in [1.54, 1.807) is 0 Å². The van der Waals surface area contributed by atoms with Gasteiger partial charge in [-0.05, 0) is 31.4 Å². The van der Waals surface area contributed by atoms with E-state index in [-0.39, 0.29) is 0 Å². The quantitative estimate of drug-likeness (QED) is 0.621. The summed E-state index contributed by atoms with van der Waals surface area (Å²) < 4.78 is 0. The Hall–Kier alpha value is -1.31. The van der Waals surface area contributed by atoms with Gasteiger partial charge in [-0.1, -0.05) is 12.1 Å². The van der Waals surface area contributed by atoms with E-state index in [1.165, 1.54) is 18.4 Å². The lowest BCUT2D eigenvalue weighted by Crippen LogP contribution is -2.07. The summed E-state index contributed by atoms with van der Waals surface area (Å²) in [6.07, 6.45) is 2.55. The molecule has 1 aromatic rings. The molecular weight excluding hydrogens is 160 g/mol. The zero-order valence-electron chi connectivity index (χ0n) is 7.62. The van der Waals surface area contributed by atoms with Gasteiger partial charge in [-0.25, -0.2) is 10.3 Å². The van der Waals surface area contributed by atoms with E-state index in [0.717, 1.165) is 17.2 Å². The Balaban J connectivity index is 2.05. The topological polar surface area (TPSA) is 26.5 Å². The van der Waals surface area contributed by atoms with Crippen LogP contribution in [-0.4, -0.2) is 5.84 Å². The summed E-state index contributed by atoms with van der Waals surface area (Å²) >= 11 is 0. The number of rotatable bonds is 1. The van der Waals surface area contributed by atoms with Crippen LogP contribution in [0.4, 0.5) is 11.4 Å². The standard InChI is InChI=1S/C11H11N2/c1-7-3-2-4-9-10(7)13-11(12-9)8-5-6-8/h2-4,8H,5-6H2,1H3. The SMILES string of the molecule is Cc1cccc2c1N=C(C1CC1)[N]2. The molecule has 1 heterocycles. The van der Waals surface area contributed by atoms with E-state index in [0.29, 0.717) is 5.92 Å². The Labute approximate surface area is 77.7 Å². The summed E-state index contributed by atoms with van der Waals surface area (Å²) in [4.78, 5) is 4.56. The second-order valence-corrected chi connectivity index (χ2v) is 3.80. The molecule has 1 radical (unpaired) electrons. The summed E-state index contributed by atoms with van der Waals surface area (Å²) in [5.74, 6) is 1.72. The van der Waals surface area contributed by atoms with Gasteiger partial charge >= 0.3 is 0 Å². The van der Waals surface area contributed by atoms with Gasteiger partial charge in [-0.2, -0.15) is 0 Å². The molecule has 3 rings (SSSR count). The molecule has 0 bridgehead atoms. The molecule has 0 N–H and O–H groups in total. The minimum absolute atomic E-state index is 0.659. The number of para-hydroxylation sites is 1. The smallest absolute Gasteiger partial charge is 0.132 e. The minimum Gasteiger partial charge on any atom is -0.231 e. The average Bonchev–Trinajstić information content (AvgIpc) is 2.87. The summed E-state index contributed by atoms with van der Waals surface area (Å²) in [6, 6.07) is 6.18. The van der Waals surface area contributed by atoms with Gasteiger partial charge in [0, 0.05) is 5.92 Å². The third-order valence-corrected chi connectivity index (χ3v) is 2.62. The second-order valence-electron chi connectivity index (χ2n) is 3.80. The van der Waals surface area contributed by atoms with Crippen LogP contribution in [0.1, 0.15) is 18.4 Å². The van der Waals surface area contributed by atoms with Crippen molar-refractivity contribution in [2.24, 2.45) is 10.9 Å². The van der Waals surface area contributed by atoms with Crippen molar-refractivity contribution in [3.63, 3.8) is 0 Å². The van der Waals surface area contributed by atoms with Gasteiger partial charge in [0.05, 0.1) is 11.4 Å². The molecule has 2 heteroatoms. The number of amidine groups is 1. The second kappa shape index (κ2) is 2.34. The summed E-state index contributed by atoms with van der Waals surface area (Å²) in [6.45, 7) is 2.09. The van der Waals surface area contributed by atoms with Crippen LogP contribution < -0.4 is 5.32 Å². The van der Waals surface area contributed by atoms with Gasteiger partial charge in [0.1, 0.15) is 5.84 Å². The van der Waals surface area contributed by atoms with Crippen LogP contribution in [0.25, 0.3) is 0 Å². The van der Waals surface area contributed by atoms with Gasteiger partial charge < -0.3 is 0 Å². The first-order valence-corrected chi connectivity index (χ1v) is 4.74. The highest BCUT2D eigenvalue weighted by molar-refractivity contribution is 5.99. The first-order chi connectivity index (χ1) is 6.34. The maximum absolute atomic E-state index is 4.56. The fourth-order valence-corrected chi connectivity index (χ4v) is 1.67. The molecule has 0 aromatic heterocycles. The molecule has 2 aliphatic rings. The van der Waals surface area contributed by atoms with Gasteiger partial charge in [0.25, 0.3) is 0 Å². The van der Waals surface area contributed by atoms with Gasteiger partial charge in [-0.3, -0.25) is 0 Å². The van der Waals surface area contributed by atoms with Crippen molar-refractivity contribution in [3.05, 3.63) is 23.8 Å². The fourth-order valence-electron chi connectivity index (χ4n) is 1.67. The highest BCUT2D eigenvalue weighted by Gasteiger charge is 2.32. The van der Waals surface area contributed by atoms with Crippen molar-refractivity contribution in [1.82, 2.24) is 5.32 Å². The third kappa shape index (κ3) is 1.05. The molecule has 0 atom stereocenters. The lowest BCUT2D eigenvalue weighted by Gasteiger charge is -1.97. The average molecular weight is 171 g/mol. The van der Waals surface area contributed by atoms with Crippen LogP contribution in [0.3, 0.4) is 0 Å². The largest absolute Gasteiger partial charge is 0.231 e. The maximum Gasteiger partial charge on any atom is 0.132 e. The van der Waals surface area contributed by atoms with Crippen LogP contribution in [0.2, 0.25) is 0 Å². The monoisotopic (exact) mass is 171 g/mol. The zero-order valence-corrected chi connectivity index (χ0v) is 7.62. The molecule has 0 spiro atoms. The van der Waals surface area contributed by atoms with Crippen molar-refractivity contribution in [2.75, 3.05) is 0 Å². The van der Waals surface area contributed by atoms with Crippen LogP contribution >= 0.6 is 0 Å². The molecule has 1 fully saturated rings. The first-order valence-electron chi connectivity index (χ1n) is 4.74. The van der Waals surface area contributed by atoms with Crippen LogP contribution in [-0.2, 0) is 0 Å². The number of hydrogen-bond donors (Lipinski definition) is 0. The summed E-state index contributed by atoms with van der Waals surface area (Å²) in [5.41, 5.74) is 3.38. The highest BCUT2D eigenvalue weighted by Crippen LogP contribution is 2.40. The number of benzene rings is 1. The van der Waals surface area contributed by atoms with Crippen molar-refractivity contribution >= 4 is 17.2 Å². The summed E-state index contributed by atoms with van der Waals surface area (Å²) in [5, 5.41) is 4.52. The number of aliphatic imine (C=N–C) groups is 1. The van der Waals surface area contributed by atoms with Crippen molar-refractivity contribution in [3.8, 4) is 0 Å². The normalized spacial score (nSPS) is 19.3. The Morgan fingerprint density at radius 3 is 2.85 bits per heavy atom. The van der Waals surface area contributed by atoms with Crippen LogP contribution in [0.15, 0.2) is 23.2 Å². The Morgan fingerprint density at radius 2 is 2.15 bits per heavy atom. The Kier molecular flexibility index (Phi) is 1.29. The van der Waals surface area contributed by atoms with Crippen LogP contribution in [0, 0.1) is 12.8 Å². The van der Waals surface area contributed by atoms with E-state index < -0.39 is 0 Å². The predicted molar refractivity (Wildman–Crippen MR) is 52.8 cm³/mol. The van der Waals surface area contributed by atoms with Crippen molar-refractivity contribution in [2.45, 2.75) is 19.8 Å². The van der Waals surface area contributed by atoms with Crippen molar-refractivity contribution < 1.29 is 0 Å². The number of fused-ring (bicyclic) bond motifs is 1. The number of nitrogens with zero attached hydrogens (tertiary/aromatic N) is 2. The fraction of sp³-hybridized carbons (Fsp3) is 0.364. The molecule has 0 amide bonds. The third-order valence-electron chi connectivity index (χ3n) is 2.62. The van der Waals surface area contributed by atoms with E-state index in [4.69, 9.17) is 0 Å². The minimum atomic E-state index is 0.659. The molecule has 1 aliphatic heterocycles. The maximum atomic E-state index is 4.56. The predicted octanol–water partition coefficient (Wildman–Crippen LogP) is 2.68.